The molecule has 68 valence electrons. The van der Waals surface area contributed by atoms with Gasteiger partial charge < -0.3 is 11.1 Å². The van der Waals surface area contributed by atoms with Gasteiger partial charge in [-0.25, -0.2) is 0 Å². The molecule has 0 atom stereocenters. The number of hydrogen-bond donors (Lipinski definition) is 2. The Morgan fingerprint density at radius 1 is 1.27 bits per heavy atom. The molecule has 0 radical (unpaired) electrons. The van der Waals surface area contributed by atoms with E-state index in [4.69, 9.17) is 5.73 Å². The van der Waals surface area contributed by atoms with E-state index in [9.17, 15) is 0 Å². The van der Waals surface area contributed by atoms with Crippen molar-refractivity contribution in [1.29, 1.82) is 0 Å². The molecule has 0 rings (SSSR count). The Labute approximate surface area is 70.5 Å². The van der Waals surface area contributed by atoms with E-state index in [1.807, 2.05) is 0 Å². The van der Waals surface area contributed by atoms with Gasteiger partial charge >= 0.3 is 0 Å². The van der Waals surface area contributed by atoms with Gasteiger partial charge in [0.2, 0.25) is 0 Å². The highest BCUT2D eigenvalue weighted by Gasteiger charge is 2.08. The standard InChI is InChI=1S/C9H22N2/c1-4-5-7-11-8-6-9(2,3)10/h11H,4-8,10H2,1-3H3. The van der Waals surface area contributed by atoms with E-state index in [0.29, 0.717) is 0 Å². The van der Waals surface area contributed by atoms with E-state index in [0.717, 1.165) is 19.5 Å². The first-order valence-corrected chi connectivity index (χ1v) is 4.56. The van der Waals surface area contributed by atoms with Gasteiger partial charge in [-0.15, -0.1) is 0 Å². The summed E-state index contributed by atoms with van der Waals surface area (Å²) in [7, 11) is 0. The highest BCUT2D eigenvalue weighted by Crippen LogP contribution is 2.00. The summed E-state index contributed by atoms with van der Waals surface area (Å²) in [5.74, 6) is 0. The van der Waals surface area contributed by atoms with Crippen molar-refractivity contribution in [2.24, 2.45) is 5.73 Å². The van der Waals surface area contributed by atoms with Crippen LogP contribution in [0.2, 0.25) is 0 Å². The molecule has 0 spiro atoms. The minimum Gasteiger partial charge on any atom is -0.326 e. The van der Waals surface area contributed by atoms with Crippen LogP contribution in [-0.4, -0.2) is 18.6 Å². The second-order valence-corrected chi connectivity index (χ2v) is 3.84. The molecule has 0 fully saturated rings. The van der Waals surface area contributed by atoms with Gasteiger partial charge in [-0.1, -0.05) is 13.3 Å². The van der Waals surface area contributed by atoms with Crippen molar-refractivity contribution in [1.82, 2.24) is 5.32 Å². The van der Waals surface area contributed by atoms with Crippen molar-refractivity contribution in [2.75, 3.05) is 13.1 Å². The van der Waals surface area contributed by atoms with Crippen molar-refractivity contribution in [3.05, 3.63) is 0 Å². The molecular formula is C9H22N2. The summed E-state index contributed by atoms with van der Waals surface area (Å²) in [6.45, 7) is 8.51. The number of nitrogens with two attached hydrogens (primary N) is 1. The van der Waals surface area contributed by atoms with Crippen LogP contribution >= 0.6 is 0 Å². The van der Waals surface area contributed by atoms with Crippen molar-refractivity contribution in [3.8, 4) is 0 Å². The van der Waals surface area contributed by atoms with Crippen LogP contribution in [0, 0.1) is 0 Å². The molecule has 2 nitrogen and oxygen atoms in total. The number of hydrogen-bond acceptors (Lipinski definition) is 2. The topological polar surface area (TPSA) is 38.0 Å². The molecule has 3 N–H and O–H groups in total. The van der Waals surface area contributed by atoms with Gasteiger partial charge in [0, 0.05) is 5.54 Å². The van der Waals surface area contributed by atoms with E-state index in [1.54, 1.807) is 0 Å². The third kappa shape index (κ3) is 9.92. The Balaban J connectivity index is 3.02. The van der Waals surface area contributed by atoms with E-state index in [-0.39, 0.29) is 5.54 Å². The van der Waals surface area contributed by atoms with E-state index < -0.39 is 0 Å². The Morgan fingerprint density at radius 2 is 1.91 bits per heavy atom. The maximum absolute atomic E-state index is 5.81. The van der Waals surface area contributed by atoms with Crippen molar-refractivity contribution in [2.45, 2.75) is 45.6 Å². The lowest BCUT2D eigenvalue weighted by Crippen LogP contribution is -2.35. The molecule has 0 heterocycles. The van der Waals surface area contributed by atoms with Gasteiger partial charge in [-0.3, -0.25) is 0 Å². The lowest BCUT2D eigenvalue weighted by atomic mass is 10.0. The highest BCUT2D eigenvalue weighted by atomic mass is 14.9. The second-order valence-electron chi connectivity index (χ2n) is 3.84. The van der Waals surface area contributed by atoms with Crippen LogP contribution in [0.25, 0.3) is 0 Å². The van der Waals surface area contributed by atoms with Gasteiger partial charge in [0.1, 0.15) is 0 Å². The minimum atomic E-state index is -0.0147. The zero-order chi connectivity index (χ0) is 8.74. The summed E-state index contributed by atoms with van der Waals surface area (Å²) in [6.07, 6.45) is 3.58. The second kappa shape index (κ2) is 5.56. The molecule has 0 saturated heterocycles. The maximum atomic E-state index is 5.81. The van der Waals surface area contributed by atoms with E-state index in [2.05, 4.69) is 26.1 Å². The third-order valence-corrected chi connectivity index (χ3v) is 1.65. The highest BCUT2D eigenvalue weighted by molar-refractivity contribution is 4.72. The van der Waals surface area contributed by atoms with Gasteiger partial charge in [0.15, 0.2) is 0 Å². The normalized spacial score (nSPS) is 12.0. The number of nitrogens with one attached hydrogen (secondary N) is 1. The molecule has 0 aliphatic rings. The van der Waals surface area contributed by atoms with Gasteiger partial charge in [0.25, 0.3) is 0 Å². The Bertz CT molecular complexity index is 84.1. The Morgan fingerprint density at radius 3 is 2.36 bits per heavy atom. The molecule has 0 aliphatic heterocycles. The molecule has 0 aromatic carbocycles. The van der Waals surface area contributed by atoms with Crippen LogP contribution < -0.4 is 11.1 Å². The van der Waals surface area contributed by atoms with Crippen LogP contribution in [-0.2, 0) is 0 Å². The molecule has 2 heteroatoms. The summed E-state index contributed by atoms with van der Waals surface area (Å²) >= 11 is 0. The fourth-order valence-corrected chi connectivity index (χ4v) is 0.837. The predicted octanol–water partition coefficient (Wildman–Crippen LogP) is 1.50. The average Bonchev–Trinajstić information content (AvgIpc) is 1.85. The molecule has 0 bridgehead atoms. The minimum absolute atomic E-state index is 0.0147. The number of unbranched alkanes of at least 4 members (excludes halogenated alkanes) is 1. The van der Waals surface area contributed by atoms with Crippen LogP contribution in [0.4, 0.5) is 0 Å². The van der Waals surface area contributed by atoms with Crippen molar-refractivity contribution < 1.29 is 0 Å². The van der Waals surface area contributed by atoms with Crippen molar-refractivity contribution in [3.63, 3.8) is 0 Å². The fourth-order valence-electron chi connectivity index (χ4n) is 0.837. The van der Waals surface area contributed by atoms with Gasteiger partial charge in [-0.05, 0) is 39.8 Å². The molecule has 0 aromatic heterocycles. The SMILES string of the molecule is CCCCNCCC(C)(C)N. The zero-order valence-electron chi connectivity index (χ0n) is 8.11. The average molecular weight is 158 g/mol. The molecular weight excluding hydrogens is 136 g/mol. The predicted molar refractivity (Wildman–Crippen MR) is 50.7 cm³/mol. The maximum Gasteiger partial charge on any atom is 0.0109 e. The summed E-state index contributed by atoms with van der Waals surface area (Å²) in [5.41, 5.74) is 5.80. The first-order chi connectivity index (χ1) is 5.06. The molecule has 0 amide bonds. The molecule has 0 saturated carbocycles. The monoisotopic (exact) mass is 158 g/mol. The van der Waals surface area contributed by atoms with E-state index >= 15 is 0 Å². The van der Waals surface area contributed by atoms with Crippen molar-refractivity contribution >= 4 is 0 Å². The molecule has 0 aliphatic carbocycles. The number of rotatable bonds is 6. The summed E-state index contributed by atoms with van der Waals surface area (Å²) in [6, 6.07) is 0. The molecule has 11 heavy (non-hydrogen) atoms. The van der Waals surface area contributed by atoms with Gasteiger partial charge in [-0.2, -0.15) is 0 Å². The lowest BCUT2D eigenvalue weighted by molar-refractivity contribution is 0.453. The smallest absolute Gasteiger partial charge is 0.0109 e. The first kappa shape index (κ1) is 10.9. The van der Waals surface area contributed by atoms with Gasteiger partial charge in [0.05, 0.1) is 0 Å². The summed E-state index contributed by atoms with van der Waals surface area (Å²) in [5, 5.41) is 3.36. The Hall–Kier alpha value is -0.0800. The summed E-state index contributed by atoms with van der Waals surface area (Å²) < 4.78 is 0. The van der Waals surface area contributed by atoms with Crippen LogP contribution in [0.1, 0.15) is 40.0 Å². The zero-order valence-corrected chi connectivity index (χ0v) is 8.11. The molecule has 0 unspecified atom stereocenters. The van der Waals surface area contributed by atoms with Crippen LogP contribution in [0.15, 0.2) is 0 Å². The summed E-state index contributed by atoms with van der Waals surface area (Å²) in [4.78, 5) is 0. The lowest BCUT2D eigenvalue weighted by Gasteiger charge is -2.18. The van der Waals surface area contributed by atoms with E-state index in [1.165, 1.54) is 12.8 Å². The third-order valence-electron chi connectivity index (χ3n) is 1.65. The fraction of sp³-hybridized carbons (Fsp3) is 1.00. The van der Waals surface area contributed by atoms with Crippen LogP contribution in [0.3, 0.4) is 0 Å². The quantitative estimate of drug-likeness (QED) is 0.575. The largest absolute Gasteiger partial charge is 0.326 e. The Kier molecular flexibility index (Phi) is 5.51. The van der Waals surface area contributed by atoms with Crippen LogP contribution in [0.5, 0.6) is 0 Å². The molecule has 0 aromatic rings. The first-order valence-electron chi connectivity index (χ1n) is 4.56.